The van der Waals surface area contributed by atoms with Crippen LogP contribution in [-0.4, -0.2) is 95.6 Å². The highest BCUT2D eigenvalue weighted by molar-refractivity contribution is 5.82. The number of ether oxygens (including phenoxy) is 3. The maximum atomic E-state index is 15.5. The van der Waals surface area contributed by atoms with Crippen molar-refractivity contribution in [2.45, 2.75) is 57.5 Å². The minimum absolute atomic E-state index is 0.0982. The number of likely N-dealkylation sites (tertiary alicyclic amines) is 1. The van der Waals surface area contributed by atoms with Gasteiger partial charge in [-0.25, -0.2) is 9.07 Å². The van der Waals surface area contributed by atoms with Crippen molar-refractivity contribution in [3.05, 3.63) is 35.5 Å². The zero-order valence-electron chi connectivity index (χ0n) is 21.9. The highest BCUT2D eigenvalue weighted by atomic mass is 19.1. The lowest BCUT2D eigenvalue weighted by Gasteiger charge is -2.43. The van der Waals surface area contributed by atoms with Crippen LogP contribution in [0.3, 0.4) is 0 Å². The molecule has 1 aromatic carbocycles. The number of hydrogen-bond acceptors (Lipinski definition) is 8. The molecule has 2 aromatic heterocycles. The van der Waals surface area contributed by atoms with E-state index in [2.05, 4.69) is 57.8 Å². The summed E-state index contributed by atoms with van der Waals surface area (Å²) < 4.78 is 34.0. The molecule has 0 radical (unpaired) electrons. The molecule has 9 nitrogen and oxygen atoms in total. The summed E-state index contributed by atoms with van der Waals surface area (Å²) >= 11 is 0. The molecule has 3 aromatic rings. The Morgan fingerprint density at radius 2 is 1.78 bits per heavy atom. The average molecular weight is 511 g/mol. The number of hydrogen-bond donors (Lipinski definition) is 0. The molecule has 0 N–H and O–H groups in total. The minimum atomic E-state index is -0.919. The molecule has 3 fully saturated rings. The van der Waals surface area contributed by atoms with Gasteiger partial charge in [0.2, 0.25) is 0 Å². The Kier molecular flexibility index (Phi) is 6.50. The Balaban J connectivity index is 1.34. The fourth-order valence-corrected chi connectivity index (χ4v) is 5.96. The molecular formula is C27H35FN6O3. The predicted molar refractivity (Wildman–Crippen MR) is 139 cm³/mol. The largest absolute Gasteiger partial charge is 0.467 e. The van der Waals surface area contributed by atoms with Crippen molar-refractivity contribution in [2.75, 3.05) is 51.4 Å². The zero-order valence-corrected chi connectivity index (χ0v) is 21.9. The van der Waals surface area contributed by atoms with Crippen molar-refractivity contribution in [3.63, 3.8) is 0 Å². The van der Waals surface area contributed by atoms with Gasteiger partial charge in [0.1, 0.15) is 12.0 Å². The van der Waals surface area contributed by atoms with Crippen LogP contribution in [0, 0.1) is 6.92 Å². The summed E-state index contributed by atoms with van der Waals surface area (Å²) in [6, 6.07) is 6.80. The van der Waals surface area contributed by atoms with Crippen molar-refractivity contribution in [1.29, 1.82) is 0 Å². The Morgan fingerprint density at radius 1 is 1.03 bits per heavy atom. The Morgan fingerprint density at radius 3 is 2.46 bits per heavy atom. The monoisotopic (exact) mass is 510 g/mol. The van der Waals surface area contributed by atoms with Crippen molar-refractivity contribution in [1.82, 2.24) is 24.6 Å². The highest BCUT2D eigenvalue weighted by Gasteiger charge is 2.36. The van der Waals surface area contributed by atoms with Crippen LogP contribution in [-0.2, 0) is 9.47 Å². The molecule has 198 valence electrons. The summed E-state index contributed by atoms with van der Waals surface area (Å²) in [5, 5.41) is 5.66. The molecule has 4 unspecified atom stereocenters. The predicted octanol–water partition coefficient (Wildman–Crippen LogP) is 3.27. The van der Waals surface area contributed by atoms with Gasteiger partial charge in [0, 0.05) is 37.0 Å². The lowest BCUT2D eigenvalue weighted by Crippen LogP contribution is -2.54. The molecule has 4 atom stereocenters. The van der Waals surface area contributed by atoms with E-state index in [0.29, 0.717) is 31.6 Å². The van der Waals surface area contributed by atoms with Gasteiger partial charge in [-0.15, -0.1) is 0 Å². The van der Waals surface area contributed by atoms with Crippen LogP contribution in [0.4, 0.5) is 10.2 Å². The van der Waals surface area contributed by atoms with Gasteiger partial charge in [-0.3, -0.25) is 4.90 Å². The van der Waals surface area contributed by atoms with Crippen LogP contribution in [0.1, 0.15) is 37.3 Å². The second-order valence-corrected chi connectivity index (χ2v) is 10.7. The molecule has 0 amide bonds. The molecule has 5 heterocycles. The molecule has 0 saturated carbocycles. The topological polar surface area (TPSA) is 77.8 Å². The smallest absolute Gasteiger partial charge is 0.320 e. The summed E-state index contributed by atoms with van der Waals surface area (Å²) in [6.45, 7) is 10.4. The number of benzene rings is 1. The van der Waals surface area contributed by atoms with Gasteiger partial charge in [0.05, 0.1) is 50.3 Å². The number of nitrogens with zero attached hydrogens (tertiary/aromatic N) is 6. The number of piperidine rings is 1. The van der Waals surface area contributed by atoms with Gasteiger partial charge in [-0.2, -0.15) is 15.1 Å². The molecule has 3 aliphatic rings. The standard InChI is InChI=1S/C27H35FN6O3/c1-16-7-19-10-29-34(24(19)8-22(16)21-5-6-32(13-23(21)28)20-14-36-15-20)26-9-25(30-27(31-26)35-4)33-11-17(2)37-18(3)12-33/h7-10,17-18,20-21,23H,5-6,11-15H2,1-4H3. The average Bonchev–Trinajstić information content (AvgIpc) is 3.24. The van der Waals surface area contributed by atoms with Gasteiger partial charge in [-0.1, -0.05) is 0 Å². The van der Waals surface area contributed by atoms with E-state index in [-0.39, 0.29) is 24.1 Å². The van der Waals surface area contributed by atoms with Crippen LogP contribution < -0.4 is 9.64 Å². The van der Waals surface area contributed by atoms with Gasteiger partial charge < -0.3 is 19.1 Å². The van der Waals surface area contributed by atoms with Gasteiger partial charge in [0.25, 0.3) is 0 Å². The Bertz CT molecular complexity index is 1270. The van der Waals surface area contributed by atoms with Crippen LogP contribution in [0.5, 0.6) is 6.01 Å². The number of methoxy groups -OCH3 is 1. The molecule has 10 heteroatoms. The fourth-order valence-electron chi connectivity index (χ4n) is 5.96. The van der Waals surface area contributed by atoms with Gasteiger partial charge in [-0.05, 0) is 57.0 Å². The lowest BCUT2D eigenvalue weighted by atomic mass is 9.84. The van der Waals surface area contributed by atoms with Crippen molar-refractivity contribution < 1.29 is 18.6 Å². The maximum absolute atomic E-state index is 15.5. The van der Waals surface area contributed by atoms with Crippen molar-refractivity contribution >= 4 is 16.7 Å². The summed E-state index contributed by atoms with van der Waals surface area (Å²) in [7, 11) is 1.57. The summed E-state index contributed by atoms with van der Waals surface area (Å²) in [5.74, 6) is 1.25. The maximum Gasteiger partial charge on any atom is 0.320 e. The van der Waals surface area contributed by atoms with E-state index in [4.69, 9.17) is 14.2 Å². The van der Waals surface area contributed by atoms with E-state index >= 15 is 4.39 Å². The summed E-state index contributed by atoms with van der Waals surface area (Å²) in [6.07, 6.45) is 1.91. The molecule has 6 rings (SSSR count). The summed E-state index contributed by atoms with van der Waals surface area (Å²) in [5.41, 5.74) is 3.04. The third-order valence-corrected chi connectivity index (χ3v) is 7.89. The first-order chi connectivity index (χ1) is 17.9. The Hall–Kier alpha value is -2.82. The second-order valence-electron chi connectivity index (χ2n) is 10.7. The summed E-state index contributed by atoms with van der Waals surface area (Å²) in [4.78, 5) is 13.7. The first kappa shape index (κ1) is 24.5. The molecule has 0 bridgehead atoms. The third-order valence-electron chi connectivity index (χ3n) is 7.89. The van der Waals surface area contributed by atoms with E-state index in [9.17, 15) is 0 Å². The molecule has 0 aliphatic carbocycles. The van der Waals surface area contributed by atoms with Crippen LogP contribution in [0.15, 0.2) is 24.4 Å². The fraction of sp³-hybridized carbons (Fsp3) is 0.593. The van der Waals surface area contributed by atoms with E-state index in [0.717, 1.165) is 53.9 Å². The van der Waals surface area contributed by atoms with Gasteiger partial charge >= 0.3 is 6.01 Å². The Labute approximate surface area is 216 Å². The molecular weight excluding hydrogens is 475 g/mol. The second kappa shape index (κ2) is 9.81. The van der Waals surface area contributed by atoms with E-state index in [1.807, 2.05) is 16.9 Å². The number of anilines is 1. The number of fused-ring (bicyclic) bond motifs is 1. The van der Waals surface area contributed by atoms with Gasteiger partial charge in [0.15, 0.2) is 5.82 Å². The van der Waals surface area contributed by atoms with E-state index in [1.165, 1.54) is 0 Å². The zero-order chi connectivity index (χ0) is 25.7. The first-order valence-electron chi connectivity index (χ1n) is 13.2. The number of halogens is 1. The van der Waals surface area contributed by atoms with E-state index in [1.54, 1.807) is 7.11 Å². The number of morpholine rings is 1. The highest BCUT2D eigenvalue weighted by Crippen LogP contribution is 2.36. The quantitative estimate of drug-likeness (QED) is 0.518. The number of aryl methyl sites for hydroxylation is 1. The van der Waals surface area contributed by atoms with E-state index < -0.39 is 6.17 Å². The SMILES string of the molecule is COc1nc(N2CC(C)OC(C)C2)cc(-n2ncc3cc(C)c(C4CCN(C5COC5)CC4F)cc32)n1. The number of aromatic nitrogens is 4. The number of alkyl halides is 1. The minimum Gasteiger partial charge on any atom is -0.467 e. The van der Waals surface area contributed by atoms with Crippen LogP contribution >= 0.6 is 0 Å². The number of rotatable bonds is 5. The van der Waals surface area contributed by atoms with Crippen molar-refractivity contribution in [2.24, 2.45) is 0 Å². The molecule has 3 saturated heterocycles. The molecule has 37 heavy (non-hydrogen) atoms. The normalized spacial score (nSPS) is 27.4. The van der Waals surface area contributed by atoms with Crippen LogP contribution in [0.25, 0.3) is 16.7 Å². The van der Waals surface area contributed by atoms with Crippen LogP contribution in [0.2, 0.25) is 0 Å². The molecule has 0 spiro atoms. The third kappa shape index (κ3) is 4.66. The molecule has 3 aliphatic heterocycles. The lowest BCUT2D eigenvalue weighted by molar-refractivity contribution is -0.0807. The van der Waals surface area contributed by atoms with Crippen molar-refractivity contribution in [3.8, 4) is 11.8 Å². The first-order valence-corrected chi connectivity index (χ1v) is 13.2.